The van der Waals surface area contributed by atoms with Crippen LogP contribution < -0.4 is 0 Å². The molecule has 0 aromatic rings. The second-order valence-electron chi connectivity index (χ2n) is 7.49. The second kappa shape index (κ2) is 6.15. The van der Waals surface area contributed by atoms with Gasteiger partial charge in [-0.2, -0.15) is 0 Å². The number of fused-ring (bicyclic) bond motifs is 1. The maximum absolute atomic E-state index is 12.2. The molecule has 0 amide bonds. The Balaban J connectivity index is 1.60. The first-order valence-electron chi connectivity index (χ1n) is 8.64. The van der Waals surface area contributed by atoms with Crippen LogP contribution >= 0.6 is 0 Å². The molecule has 1 aliphatic carbocycles. The highest BCUT2D eigenvalue weighted by atomic mass is 16.1. The van der Waals surface area contributed by atoms with E-state index in [9.17, 15) is 4.79 Å². The molecule has 3 aliphatic rings. The van der Waals surface area contributed by atoms with Crippen molar-refractivity contribution >= 4 is 5.78 Å². The third kappa shape index (κ3) is 3.09. The van der Waals surface area contributed by atoms with E-state index < -0.39 is 0 Å². The van der Waals surface area contributed by atoms with Gasteiger partial charge < -0.3 is 0 Å². The molecule has 3 rings (SSSR count). The number of hydrogen-bond donors (Lipinski definition) is 0. The molecule has 2 heterocycles. The summed E-state index contributed by atoms with van der Waals surface area (Å²) in [5.41, 5.74) is 0. The van der Waals surface area contributed by atoms with E-state index in [1.54, 1.807) is 0 Å². The van der Waals surface area contributed by atoms with Crippen molar-refractivity contribution in [2.75, 3.05) is 26.2 Å². The number of carbonyl (C=O) groups excluding carboxylic acids is 1. The lowest BCUT2D eigenvalue weighted by molar-refractivity contribution is -0.127. The summed E-state index contributed by atoms with van der Waals surface area (Å²) in [7, 11) is 0. The minimum atomic E-state index is 0.316. The van der Waals surface area contributed by atoms with E-state index in [0.29, 0.717) is 17.7 Å². The lowest BCUT2D eigenvalue weighted by Crippen LogP contribution is -2.59. The van der Waals surface area contributed by atoms with Crippen molar-refractivity contribution in [3.8, 4) is 0 Å². The standard InChI is InChI=1S/C17H30N2O/c1-13-6-7-17(20)15(9-13)11-19-12-16-5-3-4-8-18(16)10-14(19)2/h13-16H,3-12H2,1-2H3. The Morgan fingerprint density at radius 2 is 2.00 bits per heavy atom. The van der Waals surface area contributed by atoms with Gasteiger partial charge in [-0.25, -0.2) is 0 Å². The zero-order valence-electron chi connectivity index (χ0n) is 13.2. The number of rotatable bonds is 2. The number of Topliss-reactive ketones (excluding diaryl/α,β-unsaturated/α-hetero) is 1. The van der Waals surface area contributed by atoms with Gasteiger partial charge in [0.15, 0.2) is 0 Å². The third-order valence-corrected chi connectivity index (χ3v) is 5.80. The SMILES string of the molecule is CC1CCC(=O)C(CN2CC3CCCCN3CC2C)C1. The second-order valence-corrected chi connectivity index (χ2v) is 7.49. The molecule has 4 unspecified atom stereocenters. The molecule has 0 aromatic heterocycles. The summed E-state index contributed by atoms with van der Waals surface area (Å²) >= 11 is 0. The Labute approximate surface area is 123 Å². The van der Waals surface area contributed by atoms with E-state index in [1.807, 2.05) is 0 Å². The molecule has 3 fully saturated rings. The minimum Gasteiger partial charge on any atom is -0.299 e. The van der Waals surface area contributed by atoms with Crippen molar-refractivity contribution in [2.45, 2.75) is 64.5 Å². The smallest absolute Gasteiger partial charge is 0.137 e. The molecule has 0 radical (unpaired) electrons. The fourth-order valence-corrected chi connectivity index (χ4v) is 4.45. The van der Waals surface area contributed by atoms with Gasteiger partial charge in [-0.1, -0.05) is 13.3 Å². The highest BCUT2D eigenvalue weighted by Crippen LogP contribution is 2.29. The monoisotopic (exact) mass is 278 g/mol. The first kappa shape index (κ1) is 14.5. The molecule has 3 heteroatoms. The van der Waals surface area contributed by atoms with Crippen LogP contribution in [0.1, 0.15) is 52.4 Å². The largest absolute Gasteiger partial charge is 0.299 e. The summed E-state index contributed by atoms with van der Waals surface area (Å²) in [5, 5.41) is 0. The van der Waals surface area contributed by atoms with Gasteiger partial charge in [0, 0.05) is 44.1 Å². The first-order chi connectivity index (χ1) is 9.63. The van der Waals surface area contributed by atoms with Crippen molar-refractivity contribution < 1.29 is 4.79 Å². The molecule has 114 valence electrons. The number of hydrogen-bond acceptors (Lipinski definition) is 3. The number of ketones is 1. The molecule has 2 saturated heterocycles. The predicted octanol–water partition coefficient (Wildman–Crippen LogP) is 2.55. The third-order valence-electron chi connectivity index (χ3n) is 5.80. The minimum absolute atomic E-state index is 0.316. The molecular weight excluding hydrogens is 248 g/mol. The van der Waals surface area contributed by atoms with Crippen LogP contribution in [-0.2, 0) is 4.79 Å². The molecule has 20 heavy (non-hydrogen) atoms. The first-order valence-corrected chi connectivity index (χ1v) is 8.64. The van der Waals surface area contributed by atoms with E-state index in [1.165, 1.54) is 38.9 Å². The zero-order chi connectivity index (χ0) is 14.1. The Hall–Kier alpha value is -0.410. The number of carbonyl (C=O) groups is 1. The molecule has 4 atom stereocenters. The lowest BCUT2D eigenvalue weighted by Gasteiger charge is -2.48. The van der Waals surface area contributed by atoms with Gasteiger partial charge >= 0.3 is 0 Å². The molecule has 0 spiro atoms. The van der Waals surface area contributed by atoms with Gasteiger partial charge in [0.2, 0.25) is 0 Å². The Kier molecular flexibility index (Phi) is 4.46. The molecular formula is C17H30N2O. The summed E-state index contributed by atoms with van der Waals surface area (Å²) < 4.78 is 0. The maximum Gasteiger partial charge on any atom is 0.137 e. The Bertz CT molecular complexity index is 357. The number of piperidine rings is 1. The van der Waals surface area contributed by atoms with E-state index in [0.717, 1.165) is 37.8 Å². The molecule has 2 aliphatic heterocycles. The van der Waals surface area contributed by atoms with Gasteiger partial charge in [-0.3, -0.25) is 14.6 Å². The van der Waals surface area contributed by atoms with Crippen LogP contribution in [0.15, 0.2) is 0 Å². The molecule has 0 aromatic carbocycles. The summed E-state index contributed by atoms with van der Waals surface area (Å²) in [4.78, 5) is 17.5. The summed E-state index contributed by atoms with van der Waals surface area (Å²) in [5.74, 6) is 1.58. The molecule has 0 N–H and O–H groups in total. The van der Waals surface area contributed by atoms with Crippen molar-refractivity contribution in [1.82, 2.24) is 9.80 Å². The average molecular weight is 278 g/mol. The number of nitrogens with zero attached hydrogens (tertiary/aromatic N) is 2. The lowest BCUT2D eigenvalue weighted by atomic mass is 9.81. The van der Waals surface area contributed by atoms with Crippen LogP contribution in [0.25, 0.3) is 0 Å². The van der Waals surface area contributed by atoms with Crippen LogP contribution in [0.3, 0.4) is 0 Å². The van der Waals surface area contributed by atoms with Crippen LogP contribution in [0.5, 0.6) is 0 Å². The van der Waals surface area contributed by atoms with Crippen LogP contribution in [-0.4, -0.2) is 53.8 Å². The fourth-order valence-electron chi connectivity index (χ4n) is 4.45. The van der Waals surface area contributed by atoms with Crippen LogP contribution in [0.4, 0.5) is 0 Å². The van der Waals surface area contributed by atoms with Crippen LogP contribution in [0.2, 0.25) is 0 Å². The predicted molar refractivity (Wildman–Crippen MR) is 81.8 cm³/mol. The average Bonchev–Trinajstić information content (AvgIpc) is 2.43. The van der Waals surface area contributed by atoms with Gasteiger partial charge in [-0.15, -0.1) is 0 Å². The molecule has 0 bridgehead atoms. The molecule has 1 saturated carbocycles. The summed E-state index contributed by atoms with van der Waals surface area (Å²) in [6.07, 6.45) is 7.18. The van der Waals surface area contributed by atoms with Gasteiger partial charge in [0.05, 0.1) is 0 Å². The zero-order valence-corrected chi connectivity index (χ0v) is 13.2. The number of piperazine rings is 1. The Morgan fingerprint density at radius 3 is 2.85 bits per heavy atom. The fraction of sp³-hybridized carbons (Fsp3) is 0.941. The highest BCUT2D eigenvalue weighted by molar-refractivity contribution is 5.81. The van der Waals surface area contributed by atoms with Crippen molar-refractivity contribution in [1.29, 1.82) is 0 Å². The highest BCUT2D eigenvalue weighted by Gasteiger charge is 2.36. The molecule has 3 nitrogen and oxygen atoms in total. The van der Waals surface area contributed by atoms with Crippen LogP contribution in [0, 0.1) is 11.8 Å². The normalized spacial score (nSPS) is 40.6. The van der Waals surface area contributed by atoms with Crippen molar-refractivity contribution in [3.63, 3.8) is 0 Å². The van der Waals surface area contributed by atoms with Gasteiger partial charge in [0.25, 0.3) is 0 Å². The maximum atomic E-state index is 12.2. The quantitative estimate of drug-likeness (QED) is 0.775. The van der Waals surface area contributed by atoms with Gasteiger partial charge in [0.1, 0.15) is 5.78 Å². The Morgan fingerprint density at radius 1 is 1.15 bits per heavy atom. The van der Waals surface area contributed by atoms with E-state index in [2.05, 4.69) is 23.6 Å². The van der Waals surface area contributed by atoms with E-state index in [4.69, 9.17) is 0 Å². The summed E-state index contributed by atoms with van der Waals surface area (Å²) in [6.45, 7) is 9.38. The summed E-state index contributed by atoms with van der Waals surface area (Å²) in [6, 6.07) is 1.38. The van der Waals surface area contributed by atoms with E-state index in [-0.39, 0.29) is 0 Å². The van der Waals surface area contributed by atoms with Crippen molar-refractivity contribution in [3.05, 3.63) is 0 Å². The van der Waals surface area contributed by atoms with Gasteiger partial charge in [-0.05, 0) is 45.1 Å². The topological polar surface area (TPSA) is 23.6 Å². The van der Waals surface area contributed by atoms with E-state index >= 15 is 0 Å². The van der Waals surface area contributed by atoms with Crippen molar-refractivity contribution in [2.24, 2.45) is 11.8 Å².